The Labute approximate surface area is 329 Å². The van der Waals surface area contributed by atoms with Crippen molar-refractivity contribution < 1.29 is 0 Å². The van der Waals surface area contributed by atoms with E-state index in [2.05, 4.69) is 150 Å². The normalized spacial score (nSPS) is 11.6. The van der Waals surface area contributed by atoms with Crippen LogP contribution in [0.5, 0.6) is 0 Å². The van der Waals surface area contributed by atoms with Crippen molar-refractivity contribution in [3.63, 3.8) is 0 Å². The van der Waals surface area contributed by atoms with Crippen LogP contribution in [0.15, 0.2) is 194 Å². The summed E-state index contributed by atoms with van der Waals surface area (Å²) in [4.78, 5) is 15.0. The van der Waals surface area contributed by atoms with E-state index in [1.54, 1.807) is 0 Å². The van der Waals surface area contributed by atoms with Crippen LogP contribution in [0.25, 0.3) is 100 Å². The predicted octanol–water partition coefficient (Wildman–Crippen LogP) is 13.0. The molecule has 11 aromatic rings. The third-order valence-electron chi connectivity index (χ3n) is 11.0. The van der Waals surface area contributed by atoms with Crippen molar-refractivity contribution in [1.82, 2.24) is 24.1 Å². The lowest BCUT2D eigenvalue weighted by atomic mass is 10.0. The van der Waals surface area contributed by atoms with Crippen LogP contribution in [-0.4, -0.2) is 24.1 Å². The second-order valence-corrected chi connectivity index (χ2v) is 14.6. The maximum absolute atomic E-state index is 5.05. The maximum atomic E-state index is 5.05. The van der Waals surface area contributed by atoms with E-state index in [-0.39, 0.29) is 0 Å². The molecule has 0 fully saturated rings. The molecule has 0 amide bonds. The minimum atomic E-state index is 0.629. The topological polar surface area (TPSA) is 48.5 Å². The van der Waals surface area contributed by atoms with Gasteiger partial charge in [0.15, 0.2) is 17.5 Å². The molecule has 11 rings (SSSR count). The zero-order valence-electron chi connectivity index (χ0n) is 31.2. The number of benzene rings is 8. The largest absolute Gasteiger partial charge is 0.309 e. The van der Waals surface area contributed by atoms with Gasteiger partial charge in [0.05, 0.1) is 22.1 Å². The quantitative estimate of drug-likeness (QED) is 0.171. The Morgan fingerprint density at radius 1 is 0.298 bits per heavy atom. The summed E-state index contributed by atoms with van der Waals surface area (Å²) < 4.78 is 4.75. The molecule has 57 heavy (non-hydrogen) atoms. The van der Waals surface area contributed by atoms with Gasteiger partial charge >= 0.3 is 0 Å². The van der Waals surface area contributed by atoms with Gasteiger partial charge in [-0.2, -0.15) is 0 Å². The van der Waals surface area contributed by atoms with Gasteiger partial charge < -0.3 is 9.13 Å². The molecule has 3 aromatic heterocycles. The van der Waals surface area contributed by atoms with Crippen molar-refractivity contribution >= 4 is 43.6 Å². The van der Waals surface area contributed by atoms with Crippen molar-refractivity contribution in [3.8, 4) is 56.7 Å². The van der Waals surface area contributed by atoms with Gasteiger partial charge in [-0.05, 0) is 78.7 Å². The van der Waals surface area contributed by atoms with Crippen LogP contribution < -0.4 is 0 Å². The lowest BCUT2D eigenvalue weighted by molar-refractivity contribution is 1.07. The summed E-state index contributed by atoms with van der Waals surface area (Å²) in [6.45, 7) is 2.16. The summed E-state index contributed by atoms with van der Waals surface area (Å²) in [5.41, 5.74) is 13.3. The third kappa shape index (κ3) is 5.59. The first-order valence-corrected chi connectivity index (χ1v) is 19.3. The molecule has 268 valence electrons. The predicted molar refractivity (Wildman–Crippen MR) is 235 cm³/mol. The van der Waals surface area contributed by atoms with Crippen LogP contribution >= 0.6 is 0 Å². The number of hydrogen-bond donors (Lipinski definition) is 0. The standard InChI is InChI=1S/C52H35N5/c1-34-24-28-47-44(30-34)43-27-25-38(37-26-29-48-45(32-37)42-22-11-12-23-46(42)56(48)40-19-9-4-10-20-40)33-49(43)57(47)41-21-13-18-39(31-41)52-54-50(35-14-5-2-6-15-35)53-51(55-52)36-16-7-3-8-17-36/h2-33H,1H3. The van der Waals surface area contributed by atoms with Gasteiger partial charge in [-0.1, -0.05) is 139 Å². The van der Waals surface area contributed by atoms with Gasteiger partial charge in [0.2, 0.25) is 0 Å². The number of para-hydroxylation sites is 2. The Kier molecular flexibility index (Phi) is 7.64. The Bertz CT molecular complexity index is 3230. The molecule has 8 aromatic carbocycles. The van der Waals surface area contributed by atoms with Crippen LogP contribution in [-0.2, 0) is 0 Å². The molecule has 5 heteroatoms. The molecule has 0 unspecified atom stereocenters. The zero-order chi connectivity index (χ0) is 37.9. The zero-order valence-corrected chi connectivity index (χ0v) is 31.2. The molecule has 0 spiro atoms. The fourth-order valence-electron chi connectivity index (χ4n) is 8.32. The Morgan fingerprint density at radius 3 is 1.51 bits per heavy atom. The molecule has 0 atom stereocenters. The molecular formula is C52H35N5. The van der Waals surface area contributed by atoms with E-state index in [1.165, 1.54) is 43.7 Å². The smallest absolute Gasteiger partial charge is 0.164 e. The molecule has 5 nitrogen and oxygen atoms in total. The summed E-state index contributed by atoms with van der Waals surface area (Å²) in [7, 11) is 0. The first kappa shape index (κ1) is 32.8. The van der Waals surface area contributed by atoms with Crippen molar-refractivity contribution in [2.24, 2.45) is 0 Å². The second kappa shape index (κ2) is 13.3. The van der Waals surface area contributed by atoms with Crippen LogP contribution in [0, 0.1) is 6.92 Å². The van der Waals surface area contributed by atoms with E-state index in [4.69, 9.17) is 15.0 Å². The highest BCUT2D eigenvalue weighted by molar-refractivity contribution is 6.12. The summed E-state index contributed by atoms with van der Waals surface area (Å²) in [5, 5.41) is 4.91. The fraction of sp³-hybridized carbons (Fsp3) is 0.0192. The van der Waals surface area contributed by atoms with E-state index < -0.39 is 0 Å². The van der Waals surface area contributed by atoms with Crippen LogP contribution in [0.1, 0.15) is 5.56 Å². The maximum Gasteiger partial charge on any atom is 0.164 e. The molecule has 0 aliphatic heterocycles. The van der Waals surface area contributed by atoms with Crippen molar-refractivity contribution in [1.29, 1.82) is 0 Å². The van der Waals surface area contributed by atoms with E-state index >= 15 is 0 Å². The van der Waals surface area contributed by atoms with E-state index in [9.17, 15) is 0 Å². The second-order valence-electron chi connectivity index (χ2n) is 14.6. The number of aryl methyl sites for hydroxylation is 1. The van der Waals surface area contributed by atoms with Crippen LogP contribution in [0.2, 0.25) is 0 Å². The molecule has 0 bridgehead atoms. The van der Waals surface area contributed by atoms with Gasteiger partial charge in [-0.25, -0.2) is 15.0 Å². The minimum absolute atomic E-state index is 0.629. The Morgan fingerprint density at radius 2 is 0.789 bits per heavy atom. The lowest BCUT2D eigenvalue weighted by Gasteiger charge is -2.12. The lowest BCUT2D eigenvalue weighted by Crippen LogP contribution is -2.01. The minimum Gasteiger partial charge on any atom is -0.309 e. The van der Waals surface area contributed by atoms with E-state index in [0.717, 1.165) is 44.7 Å². The Balaban J connectivity index is 1.09. The van der Waals surface area contributed by atoms with Crippen LogP contribution in [0.4, 0.5) is 0 Å². The summed E-state index contributed by atoms with van der Waals surface area (Å²) in [5.74, 6) is 1.92. The van der Waals surface area contributed by atoms with E-state index in [0.29, 0.717) is 17.5 Å². The average molecular weight is 730 g/mol. The molecule has 0 saturated carbocycles. The molecule has 0 radical (unpaired) electrons. The molecular weight excluding hydrogens is 695 g/mol. The molecule has 3 heterocycles. The first-order valence-electron chi connectivity index (χ1n) is 19.3. The number of fused-ring (bicyclic) bond motifs is 6. The van der Waals surface area contributed by atoms with E-state index in [1.807, 2.05) is 60.7 Å². The van der Waals surface area contributed by atoms with Gasteiger partial charge in [0, 0.05) is 49.6 Å². The molecule has 0 aliphatic carbocycles. The van der Waals surface area contributed by atoms with Gasteiger partial charge in [-0.15, -0.1) is 0 Å². The average Bonchev–Trinajstić information content (AvgIpc) is 3.79. The van der Waals surface area contributed by atoms with Gasteiger partial charge in [0.25, 0.3) is 0 Å². The number of nitrogens with zero attached hydrogens (tertiary/aromatic N) is 5. The number of rotatable bonds is 6. The summed E-state index contributed by atoms with van der Waals surface area (Å²) >= 11 is 0. The first-order chi connectivity index (χ1) is 28.2. The fourth-order valence-corrected chi connectivity index (χ4v) is 8.32. The van der Waals surface area contributed by atoms with Crippen molar-refractivity contribution in [3.05, 3.63) is 200 Å². The van der Waals surface area contributed by atoms with Gasteiger partial charge in [-0.3, -0.25) is 0 Å². The highest BCUT2D eigenvalue weighted by Gasteiger charge is 2.18. The van der Waals surface area contributed by atoms with Crippen LogP contribution in [0.3, 0.4) is 0 Å². The summed E-state index contributed by atoms with van der Waals surface area (Å²) in [6, 6.07) is 68.7. The van der Waals surface area contributed by atoms with Gasteiger partial charge in [0.1, 0.15) is 0 Å². The highest BCUT2D eigenvalue weighted by Crippen LogP contribution is 2.39. The molecule has 0 N–H and O–H groups in total. The molecule has 0 aliphatic rings. The highest BCUT2D eigenvalue weighted by atomic mass is 15.0. The van der Waals surface area contributed by atoms with Crippen molar-refractivity contribution in [2.45, 2.75) is 6.92 Å². The Hall–Kier alpha value is -7.63. The SMILES string of the molecule is Cc1ccc2c(c1)c1ccc(-c3ccc4c(c3)c3ccccc3n4-c3ccccc3)cc1n2-c1cccc(-c2nc(-c3ccccc3)nc(-c3ccccc3)n2)c1. The molecule has 0 saturated heterocycles. The monoisotopic (exact) mass is 729 g/mol. The number of aromatic nitrogens is 5. The van der Waals surface area contributed by atoms with Crippen molar-refractivity contribution in [2.75, 3.05) is 0 Å². The number of hydrogen-bond acceptors (Lipinski definition) is 3. The summed E-state index contributed by atoms with van der Waals surface area (Å²) in [6.07, 6.45) is 0. The third-order valence-corrected chi connectivity index (χ3v) is 11.0.